The Morgan fingerprint density at radius 2 is 1.29 bits per heavy atom. The number of rotatable bonds is 12. The van der Waals surface area contributed by atoms with Crippen molar-refractivity contribution in [1.29, 1.82) is 0 Å². The first-order valence-electron chi connectivity index (χ1n) is 13.8. The zero-order valence-electron chi connectivity index (χ0n) is 24.3. The van der Waals surface area contributed by atoms with Crippen LogP contribution in [0.5, 0.6) is 17.2 Å². The van der Waals surface area contributed by atoms with Gasteiger partial charge in [0.15, 0.2) is 5.75 Å². The lowest BCUT2D eigenvalue weighted by Crippen LogP contribution is -2.36. The molecule has 0 spiro atoms. The van der Waals surface area contributed by atoms with Gasteiger partial charge in [0.1, 0.15) is 17.8 Å². The Balaban J connectivity index is 0.000000230. The quantitative estimate of drug-likeness (QED) is 0.248. The molecule has 1 aliphatic rings. The van der Waals surface area contributed by atoms with E-state index in [1.54, 1.807) is 20.8 Å². The van der Waals surface area contributed by atoms with E-state index in [2.05, 4.69) is 18.3 Å². The van der Waals surface area contributed by atoms with Crippen LogP contribution in [-0.4, -0.2) is 25.9 Å². The van der Waals surface area contributed by atoms with Crippen LogP contribution < -0.4 is 47.0 Å². The molecule has 1 aliphatic carbocycles. The first-order chi connectivity index (χ1) is 19.7. The van der Waals surface area contributed by atoms with Gasteiger partial charge in [-0.2, -0.15) is 0 Å². The maximum absolute atomic E-state index is 11.6. The van der Waals surface area contributed by atoms with Crippen molar-refractivity contribution in [1.82, 2.24) is 0 Å². The molecule has 0 heterocycles. The SMILES string of the molecule is CCOc1c(N[C@H](CC)c2ccccc2)c(=O)c1=O.CCOc1c(OCC)c(=O)c1=O.CC[C@@H](N)C1=CC=C[C+]=C1. The monoisotopic (exact) mass is 563 g/mol. The molecule has 3 aromatic carbocycles. The van der Waals surface area contributed by atoms with Crippen molar-refractivity contribution in [3.63, 3.8) is 0 Å². The van der Waals surface area contributed by atoms with E-state index in [0.29, 0.717) is 25.5 Å². The van der Waals surface area contributed by atoms with Crippen molar-refractivity contribution in [3.8, 4) is 17.2 Å². The second-order valence-corrected chi connectivity index (χ2v) is 8.85. The Hall–Kier alpha value is -4.33. The summed E-state index contributed by atoms with van der Waals surface area (Å²) in [4.78, 5) is 44.6. The van der Waals surface area contributed by atoms with Crippen LogP contribution in [0.15, 0.2) is 79.4 Å². The third-order valence-electron chi connectivity index (χ3n) is 6.09. The van der Waals surface area contributed by atoms with Gasteiger partial charge in [0.05, 0.1) is 43.6 Å². The number of nitrogens with one attached hydrogen (secondary N) is 1. The normalized spacial score (nSPS) is 13.1. The summed E-state index contributed by atoms with van der Waals surface area (Å²) in [5, 5.41) is 3.12. The highest BCUT2D eigenvalue weighted by Gasteiger charge is 2.25. The van der Waals surface area contributed by atoms with E-state index >= 15 is 0 Å². The Morgan fingerprint density at radius 3 is 1.76 bits per heavy atom. The van der Waals surface area contributed by atoms with Gasteiger partial charge in [0.2, 0.25) is 11.5 Å². The number of benzene rings is 1. The molecular weight excluding hydrogens is 524 g/mol. The molecule has 0 saturated heterocycles. The number of ether oxygens (including phenoxy) is 3. The average molecular weight is 564 g/mol. The van der Waals surface area contributed by atoms with E-state index in [9.17, 15) is 19.2 Å². The molecule has 3 N–H and O–H groups in total. The van der Waals surface area contributed by atoms with Crippen LogP contribution in [0.4, 0.5) is 5.69 Å². The summed E-state index contributed by atoms with van der Waals surface area (Å²) in [6.07, 6.45) is 12.6. The Kier molecular flexibility index (Phi) is 13.4. The molecule has 0 bridgehead atoms. The van der Waals surface area contributed by atoms with Crippen molar-refractivity contribution in [2.24, 2.45) is 5.73 Å². The molecule has 2 atom stereocenters. The fourth-order valence-electron chi connectivity index (χ4n) is 3.84. The second-order valence-electron chi connectivity index (χ2n) is 8.85. The minimum absolute atomic E-state index is 0.00343. The lowest BCUT2D eigenvalue weighted by atomic mass is 10.0. The summed E-state index contributed by atoms with van der Waals surface area (Å²) in [7, 11) is 0. The van der Waals surface area contributed by atoms with Crippen molar-refractivity contribution < 1.29 is 14.2 Å². The molecule has 218 valence electrons. The number of allylic oxidation sites excluding steroid dienone is 4. The highest BCUT2D eigenvalue weighted by atomic mass is 16.5. The highest BCUT2D eigenvalue weighted by molar-refractivity contribution is 5.62. The summed E-state index contributed by atoms with van der Waals surface area (Å²) in [5.41, 5.74) is 6.15. The molecule has 9 heteroatoms. The minimum atomic E-state index is -0.583. The fraction of sp³-hybridized carbons (Fsp3) is 0.375. The molecule has 9 nitrogen and oxygen atoms in total. The Labute approximate surface area is 240 Å². The van der Waals surface area contributed by atoms with Gasteiger partial charge in [-0.05, 0) is 39.2 Å². The predicted molar refractivity (Wildman–Crippen MR) is 163 cm³/mol. The van der Waals surface area contributed by atoms with E-state index < -0.39 is 21.7 Å². The summed E-state index contributed by atoms with van der Waals surface area (Å²) < 4.78 is 15.0. The third-order valence-corrected chi connectivity index (χ3v) is 6.09. The van der Waals surface area contributed by atoms with Gasteiger partial charge in [-0.1, -0.05) is 44.2 Å². The zero-order valence-corrected chi connectivity index (χ0v) is 24.3. The molecule has 3 aromatic rings. The predicted octanol–water partition coefficient (Wildman–Crippen LogP) is 3.90. The Bertz CT molecular complexity index is 1440. The molecule has 0 aromatic heterocycles. The van der Waals surface area contributed by atoms with Crippen molar-refractivity contribution in [2.75, 3.05) is 25.1 Å². The fourth-order valence-corrected chi connectivity index (χ4v) is 3.84. The number of nitrogens with two attached hydrogens (primary N) is 1. The van der Waals surface area contributed by atoms with Crippen LogP contribution in [-0.2, 0) is 0 Å². The molecule has 4 rings (SSSR count). The molecule has 0 saturated carbocycles. The topological polar surface area (TPSA) is 134 Å². The van der Waals surface area contributed by atoms with E-state index in [1.807, 2.05) is 61.6 Å². The van der Waals surface area contributed by atoms with Crippen LogP contribution in [0.25, 0.3) is 0 Å². The van der Waals surface area contributed by atoms with Crippen LogP contribution in [0.2, 0.25) is 0 Å². The van der Waals surface area contributed by atoms with Crippen LogP contribution in [0.3, 0.4) is 0 Å². The van der Waals surface area contributed by atoms with Gasteiger partial charge in [-0.15, -0.1) is 0 Å². The van der Waals surface area contributed by atoms with Crippen LogP contribution in [0.1, 0.15) is 59.1 Å². The maximum Gasteiger partial charge on any atom is 0.275 e. The standard InChI is InChI=1S/C15H17NO3.C9H12N.C8H10O4/c1-3-11(10-8-6-5-7-9-10)16-12-13(17)14(18)15(12)19-4-2;1-2-9(10)8-6-4-3-5-7-8;1-3-11-7-5(9)6(10)8(7)12-4-2/h5-9,11,16H,3-4H2,1-2H3;3-4,6-7,9H,2,10H2,1H3;3-4H2,1-2H3/q;+1;/t11-;9-;/m11./s1. The smallest absolute Gasteiger partial charge is 0.275 e. The summed E-state index contributed by atoms with van der Waals surface area (Å²) in [5.74, 6) is 0.315. The van der Waals surface area contributed by atoms with E-state index in [4.69, 9.17) is 19.9 Å². The van der Waals surface area contributed by atoms with Crippen molar-refractivity contribution >= 4 is 5.69 Å². The molecular formula is C32H39N2O7+. The average Bonchev–Trinajstić information content (AvgIpc) is 3.03. The molecule has 0 amide bonds. The Morgan fingerprint density at radius 1 is 0.756 bits per heavy atom. The lowest BCUT2D eigenvalue weighted by molar-refractivity contribution is 0.274. The third kappa shape index (κ3) is 8.58. The first kappa shape index (κ1) is 32.9. The first-order valence-corrected chi connectivity index (χ1v) is 13.8. The largest absolute Gasteiger partial charge is 0.488 e. The summed E-state index contributed by atoms with van der Waals surface area (Å²) in [6.45, 7) is 10.5. The minimum Gasteiger partial charge on any atom is -0.488 e. The van der Waals surface area contributed by atoms with E-state index in [-0.39, 0.29) is 29.3 Å². The number of hydrogen-bond donors (Lipinski definition) is 2. The number of anilines is 1. The maximum atomic E-state index is 11.6. The molecule has 0 aliphatic heterocycles. The lowest BCUT2D eigenvalue weighted by Gasteiger charge is -2.21. The van der Waals surface area contributed by atoms with Gasteiger partial charge in [0, 0.05) is 12.2 Å². The molecule has 0 unspecified atom stereocenters. The van der Waals surface area contributed by atoms with Gasteiger partial charge in [-0.3, -0.25) is 19.2 Å². The van der Waals surface area contributed by atoms with Gasteiger partial charge >= 0.3 is 0 Å². The molecule has 41 heavy (non-hydrogen) atoms. The summed E-state index contributed by atoms with van der Waals surface area (Å²) in [6, 6.07) is 10.0. The molecule has 0 radical (unpaired) electrons. The zero-order chi connectivity index (χ0) is 30.4. The van der Waals surface area contributed by atoms with Crippen molar-refractivity contribution in [3.05, 3.63) is 113 Å². The summed E-state index contributed by atoms with van der Waals surface area (Å²) >= 11 is 0. The van der Waals surface area contributed by atoms with Crippen LogP contribution in [0, 0.1) is 6.08 Å². The number of hydrogen-bond acceptors (Lipinski definition) is 9. The van der Waals surface area contributed by atoms with E-state index in [1.165, 1.54) is 5.57 Å². The van der Waals surface area contributed by atoms with Gasteiger partial charge in [-0.25, -0.2) is 0 Å². The van der Waals surface area contributed by atoms with Crippen molar-refractivity contribution in [2.45, 2.75) is 59.5 Å². The van der Waals surface area contributed by atoms with E-state index in [0.717, 1.165) is 18.4 Å². The molecule has 0 fully saturated rings. The van der Waals surface area contributed by atoms with Gasteiger partial charge < -0.3 is 25.3 Å². The van der Waals surface area contributed by atoms with Crippen LogP contribution >= 0.6 is 0 Å². The van der Waals surface area contributed by atoms with Gasteiger partial charge in [0.25, 0.3) is 21.7 Å². The second kappa shape index (κ2) is 16.7. The highest BCUT2D eigenvalue weighted by Crippen LogP contribution is 2.26.